The topological polar surface area (TPSA) is 9.86 Å². The number of benzene rings is 11. The average molecular weight is 873 g/mol. The molecule has 2 nitrogen and oxygen atoms in total. The van der Waals surface area contributed by atoms with Crippen LogP contribution in [0.4, 0.5) is 0 Å². The molecule has 0 radical (unpaired) electrons. The molecule has 15 rings (SSSR count). The number of fused-ring (bicyclic) bond motifs is 20. The standard InChI is InChI=1S/C66H41BN2/c1-3-19-42(20-4-1)44-35-37-62-58(39-44)67-59-40-45(43-21-5-2-6-22-43)36-38-63(59)69-61-34-18-16-32-55(61)51-28-12-8-24-47(51)49-26-10-14-30-53(49)57-41-56-52-29-13-9-25-48(52)46-23-7-11-27-50(46)54-31-15-17-33-60(54)68(62)65(56)64(67)66(57)69/h1-41H. The fraction of sp³-hybridized carbons (Fsp3) is 0. The van der Waals surface area contributed by atoms with Gasteiger partial charge in [0.1, 0.15) is 0 Å². The summed E-state index contributed by atoms with van der Waals surface area (Å²) >= 11 is 0. The minimum Gasteiger partial charge on any atom is -0.310 e. The first-order valence-electron chi connectivity index (χ1n) is 24.0. The zero-order valence-electron chi connectivity index (χ0n) is 37.6. The Kier molecular flexibility index (Phi) is 8.19. The van der Waals surface area contributed by atoms with E-state index in [-0.39, 0.29) is 6.71 Å². The number of aromatic nitrogens is 2. The molecular weight excluding hydrogens is 832 g/mol. The molecule has 11 aromatic carbocycles. The zero-order chi connectivity index (χ0) is 45.2. The molecule has 0 unspecified atom stereocenters. The third kappa shape index (κ3) is 5.50. The summed E-state index contributed by atoms with van der Waals surface area (Å²) < 4.78 is 5.28. The molecule has 13 aromatic rings. The van der Waals surface area contributed by atoms with E-state index in [1.165, 1.54) is 126 Å². The SMILES string of the molecule is c1ccc(-c2ccc3c(c2)B2c4cc(-c5ccccc5)ccc4-n4c5ccccc5c5ccccc5c5ccccc5c5cc6c7ccccc7c7ccccc7c7ccccc7n-3c6c2c54)cc1. The Morgan fingerprint density at radius 1 is 0.232 bits per heavy atom. The van der Waals surface area contributed by atoms with Crippen LogP contribution in [0, 0.1) is 0 Å². The number of rotatable bonds is 2. The van der Waals surface area contributed by atoms with Crippen LogP contribution in [0.2, 0.25) is 0 Å². The smallest absolute Gasteiger partial charge is 0.252 e. The van der Waals surface area contributed by atoms with Crippen LogP contribution in [-0.2, 0) is 0 Å². The van der Waals surface area contributed by atoms with Crippen molar-refractivity contribution in [3.8, 4) is 33.6 Å². The third-order valence-electron chi connectivity index (χ3n) is 15.2. The summed E-state index contributed by atoms with van der Waals surface area (Å²) in [6.45, 7) is -0.136. The highest BCUT2D eigenvalue weighted by Gasteiger charge is 2.40. The first kappa shape index (κ1) is 38.2. The van der Waals surface area contributed by atoms with E-state index in [2.05, 4.69) is 258 Å². The normalized spacial score (nSPS) is 12.3. The molecule has 0 saturated heterocycles. The van der Waals surface area contributed by atoms with Gasteiger partial charge in [0.05, 0.1) is 22.1 Å². The van der Waals surface area contributed by atoms with E-state index >= 15 is 0 Å². The molecule has 0 fully saturated rings. The molecule has 0 spiro atoms. The maximum atomic E-state index is 2.64. The summed E-state index contributed by atoms with van der Waals surface area (Å²) in [4.78, 5) is 0. The second kappa shape index (κ2) is 14.8. The highest BCUT2D eigenvalue weighted by molar-refractivity contribution is 7.00. The maximum Gasteiger partial charge on any atom is 0.252 e. The lowest BCUT2D eigenvalue weighted by molar-refractivity contribution is 1.16. The molecular formula is C66H41BN2. The second-order valence-electron chi connectivity index (χ2n) is 18.7. The van der Waals surface area contributed by atoms with Gasteiger partial charge in [0, 0.05) is 32.9 Å². The molecule has 2 aromatic heterocycles. The summed E-state index contributed by atoms with van der Waals surface area (Å²) in [5.41, 5.74) is 15.9. The molecule has 0 bridgehead atoms. The van der Waals surface area contributed by atoms with Crippen molar-refractivity contribution in [1.82, 2.24) is 9.13 Å². The van der Waals surface area contributed by atoms with Gasteiger partial charge >= 0.3 is 0 Å². The summed E-state index contributed by atoms with van der Waals surface area (Å²) in [7, 11) is 0. The van der Waals surface area contributed by atoms with E-state index < -0.39 is 0 Å². The Morgan fingerprint density at radius 2 is 0.536 bits per heavy atom. The minimum atomic E-state index is -0.136. The molecule has 0 N–H and O–H groups in total. The molecule has 318 valence electrons. The van der Waals surface area contributed by atoms with Gasteiger partial charge in [0.2, 0.25) is 0 Å². The predicted octanol–water partition coefficient (Wildman–Crippen LogP) is 15.2. The van der Waals surface area contributed by atoms with E-state index in [1.54, 1.807) is 0 Å². The van der Waals surface area contributed by atoms with Crippen LogP contribution in [0.15, 0.2) is 249 Å². The number of nitrogens with zero attached hydrogens (tertiary/aromatic N) is 2. The van der Waals surface area contributed by atoms with Crippen molar-refractivity contribution in [2.45, 2.75) is 0 Å². The second-order valence-corrected chi connectivity index (χ2v) is 18.7. The third-order valence-corrected chi connectivity index (χ3v) is 15.2. The van der Waals surface area contributed by atoms with E-state index in [0.717, 1.165) is 11.0 Å². The van der Waals surface area contributed by atoms with Crippen LogP contribution in [0.1, 0.15) is 0 Å². The van der Waals surface area contributed by atoms with Gasteiger partial charge in [-0.15, -0.1) is 0 Å². The first-order chi connectivity index (χ1) is 34.3. The number of hydrogen-bond donors (Lipinski definition) is 0. The lowest BCUT2D eigenvalue weighted by atomic mass is 9.34. The van der Waals surface area contributed by atoms with Gasteiger partial charge in [-0.1, -0.05) is 218 Å². The Morgan fingerprint density at radius 3 is 0.913 bits per heavy atom. The average Bonchev–Trinajstić information content (AvgIpc) is 3.50. The lowest BCUT2D eigenvalue weighted by Crippen LogP contribution is -2.59. The van der Waals surface area contributed by atoms with Crippen LogP contribution in [-0.4, -0.2) is 15.8 Å². The van der Waals surface area contributed by atoms with Gasteiger partial charge in [-0.05, 0) is 112 Å². The monoisotopic (exact) mass is 872 g/mol. The van der Waals surface area contributed by atoms with Gasteiger partial charge in [-0.3, -0.25) is 0 Å². The zero-order valence-corrected chi connectivity index (χ0v) is 37.6. The van der Waals surface area contributed by atoms with Gasteiger partial charge in [0.15, 0.2) is 0 Å². The van der Waals surface area contributed by atoms with Crippen molar-refractivity contribution in [3.05, 3.63) is 249 Å². The van der Waals surface area contributed by atoms with Crippen LogP contribution in [0.3, 0.4) is 0 Å². The van der Waals surface area contributed by atoms with Crippen molar-refractivity contribution in [3.63, 3.8) is 0 Å². The highest BCUT2D eigenvalue weighted by atomic mass is 15.0. The maximum absolute atomic E-state index is 2.64. The molecule has 0 aliphatic carbocycles. The van der Waals surface area contributed by atoms with E-state index in [1.807, 2.05) is 0 Å². The molecule has 0 amide bonds. The number of hydrogen-bond acceptors (Lipinski definition) is 0. The molecule has 2 aliphatic rings. The molecule has 2 aliphatic heterocycles. The van der Waals surface area contributed by atoms with Crippen LogP contribution in [0.5, 0.6) is 0 Å². The van der Waals surface area contributed by atoms with Crippen LogP contribution in [0.25, 0.3) is 120 Å². The summed E-state index contributed by atoms with van der Waals surface area (Å²) in [5, 5.41) is 14.6. The Labute approximate surface area is 399 Å². The molecule has 69 heavy (non-hydrogen) atoms. The van der Waals surface area contributed by atoms with Crippen molar-refractivity contribution in [1.29, 1.82) is 0 Å². The first-order valence-corrected chi connectivity index (χ1v) is 24.0. The van der Waals surface area contributed by atoms with Crippen molar-refractivity contribution >= 4 is 110 Å². The van der Waals surface area contributed by atoms with Crippen molar-refractivity contribution in [2.24, 2.45) is 0 Å². The van der Waals surface area contributed by atoms with Crippen molar-refractivity contribution < 1.29 is 0 Å². The molecule has 0 saturated carbocycles. The van der Waals surface area contributed by atoms with Gasteiger partial charge in [-0.25, -0.2) is 0 Å². The molecule has 3 heteroatoms. The van der Waals surface area contributed by atoms with E-state index in [4.69, 9.17) is 0 Å². The van der Waals surface area contributed by atoms with E-state index in [9.17, 15) is 0 Å². The van der Waals surface area contributed by atoms with Crippen LogP contribution < -0.4 is 16.4 Å². The Bertz CT molecular complexity index is 4200. The summed E-state index contributed by atoms with van der Waals surface area (Å²) in [6.07, 6.45) is 0. The van der Waals surface area contributed by atoms with Gasteiger partial charge in [-0.2, -0.15) is 0 Å². The lowest BCUT2D eigenvalue weighted by Gasteiger charge is -2.36. The predicted molar refractivity (Wildman–Crippen MR) is 296 cm³/mol. The summed E-state index contributed by atoms with van der Waals surface area (Å²) in [5.74, 6) is 0. The molecule has 4 heterocycles. The van der Waals surface area contributed by atoms with E-state index in [0.29, 0.717) is 0 Å². The van der Waals surface area contributed by atoms with Crippen LogP contribution >= 0.6 is 0 Å². The quantitative estimate of drug-likeness (QED) is 0.153. The fourth-order valence-electron chi connectivity index (χ4n) is 12.3. The minimum absolute atomic E-state index is 0.136. The fourth-order valence-corrected chi connectivity index (χ4v) is 12.3. The Balaban J connectivity index is 1.33. The highest BCUT2D eigenvalue weighted by Crippen LogP contribution is 2.42. The van der Waals surface area contributed by atoms with Crippen molar-refractivity contribution in [2.75, 3.05) is 0 Å². The molecule has 0 atom stereocenters. The summed E-state index contributed by atoms with van der Waals surface area (Å²) in [6, 6.07) is 93.4. The largest absolute Gasteiger partial charge is 0.310 e. The van der Waals surface area contributed by atoms with Gasteiger partial charge in [0.25, 0.3) is 6.71 Å². The number of para-hydroxylation sites is 2. The Hall–Kier alpha value is -8.92. The van der Waals surface area contributed by atoms with Gasteiger partial charge < -0.3 is 9.13 Å².